The summed E-state index contributed by atoms with van der Waals surface area (Å²) >= 11 is 0. The summed E-state index contributed by atoms with van der Waals surface area (Å²) < 4.78 is 10.5. The second-order valence-electron chi connectivity index (χ2n) is 3.57. The van der Waals surface area contributed by atoms with Crippen molar-refractivity contribution in [2.24, 2.45) is 10.8 Å². The number of carbonyl (C=O) groups excluding carboxylic acids is 1. The summed E-state index contributed by atoms with van der Waals surface area (Å²) in [6.07, 6.45) is 1.74. The van der Waals surface area contributed by atoms with E-state index >= 15 is 0 Å². The predicted octanol–water partition coefficient (Wildman–Crippen LogP) is 0.466. The number of nitrogens with zero attached hydrogens (tertiary/aromatic N) is 1. The minimum absolute atomic E-state index is 0.246. The van der Waals surface area contributed by atoms with Gasteiger partial charge in [0.25, 0.3) is 0 Å². The van der Waals surface area contributed by atoms with Gasteiger partial charge < -0.3 is 15.2 Å². The molecule has 1 atom stereocenters. The maximum atomic E-state index is 10.4. The molecule has 1 aliphatic rings. The maximum Gasteiger partial charge on any atom is 0.332 e. The van der Waals surface area contributed by atoms with Crippen molar-refractivity contribution < 1.29 is 14.3 Å². The summed E-state index contributed by atoms with van der Waals surface area (Å²) in [5, 5.41) is 3.64. The van der Waals surface area contributed by atoms with Crippen molar-refractivity contribution in [2.75, 3.05) is 13.2 Å². The van der Waals surface area contributed by atoms with Gasteiger partial charge in [-0.05, 0) is 29.8 Å². The van der Waals surface area contributed by atoms with Crippen molar-refractivity contribution in [2.45, 2.75) is 6.10 Å². The third-order valence-corrected chi connectivity index (χ3v) is 2.11. The standard InChI is InChI=1S/C11H13N3O3/c12-11(15)14-13-5-8-1-3-9(4-2-8)16-6-10-7-17-10/h1-5,10H,6-7H2,(H3,12,14,15). The molecule has 3 N–H and O–H groups in total. The van der Waals surface area contributed by atoms with Crippen molar-refractivity contribution in [3.8, 4) is 5.75 Å². The van der Waals surface area contributed by atoms with Crippen LogP contribution in [0.3, 0.4) is 0 Å². The third-order valence-electron chi connectivity index (χ3n) is 2.11. The van der Waals surface area contributed by atoms with E-state index in [9.17, 15) is 4.79 Å². The fourth-order valence-electron chi connectivity index (χ4n) is 1.17. The lowest BCUT2D eigenvalue weighted by Crippen LogP contribution is -2.24. The quantitative estimate of drug-likeness (QED) is 0.441. The van der Waals surface area contributed by atoms with Crippen LogP contribution >= 0.6 is 0 Å². The molecule has 1 fully saturated rings. The second kappa shape index (κ2) is 5.31. The molecule has 0 aliphatic carbocycles. The molecule has 0 radical (unpaired) electrons. The third kappa shape index (κ3) is 4.12. The van der Waals surface area contributed by atoms with Crippen LogP contribution in [0.2, 0.25) is 0 Å². The molecule has 0 aromatic heterocycles. The lowest BCUT2D eigenvalue weighted by Gasteiger charge is -2.03. The lowest BCUT2D eigenvalue weighted by molar-refractivity contribution is 0.249. The predicted molar refractivity (Wildman–Crippen MR) is 62.0 cm³/mol. The first-order chi connectivity index (χ1) is 8.24. The van der Waals surface area contributed by atoms with Gasteiger partial charge >= 0.3 is 6.03 Å². The molecule has 6 heteroatoms. The summed E-state index contributed by atoms with van der Waals surface area (Å²) in [6.45, 7) is 1.36. The van der Waals surface area contributed by atoms with Gasteiger partial charge in [0.15, 0.2) is 0 Å². The van der Waals surface area contributed by atoms with Gasteiger partial charge in [-0.25, -0.2) is 10.2 Å². The molecular formula is C11H13N3O3. The van der Waals surface area contributed by atoms with Gasteiger partial charge in [-0.2, -0.15) is 5.10 Å². The molecule has 1 saturated heterocycles. The lowest BCUT2D eigenvalue weighted by atomic mass is 10.2. The van der Waals surface area contributed by atoms with Crippen molar-refractivity contribution in [1.29, 1.82) is 0 Å². The van der Waals surface area contributed by atoms with Crippen molar-refractivity contribution >= 4 is 12.2 Å². The van der Waals surface area contributed by atoms with Gasteiger partial charge in [0.1, 0.15) is 18.5 Å². The van der Waals surface area contributed by atoms with Crippen LogP contribution < -0.4 is 15.9 Å². The highest BCUT2D eigenvalue weighted by molar-refractivity contribution is 5.81. The van der Waals surface area contributed by atoms with Gasteiger partial charge in [-0.1, -0.05) is 0 Å². The molecule has 1 unspecified atom stereocenters. The van der Waals surface area contributed by atoms with Gasteiger partial charge in [0.05, 0.1) is 12.8 Å². The van der Waals surface area contributed by atoms with E-state index in [1.54, 1.807) is 0 Å². The molecule has 0 saturated carbocycles. The summed E-state index contributed by atoms with van der Waals surface area (Å²) in [7, 11) is 0. The number of hydrogen-bond donors (Lipinski definition) is 2. The van der Waals surface area contributed by atoms with E-state index in [4.69, 9.17) is 15.2 Å². The highest BCUT2D eigenvalue weighted by atomic mass is 16.6. The Morgan fingerprint density at radius 1 is 1.59 bits per heavy atom. The number of amides is 2. The van der Waals surface area contributed by atoms with Crippen LogP contribution in [-0.4, -0.2) is 31.6 Å². The van der Waals surface area contributed by atoms with E-state index in [2.05, 4.69) is 10.5 Å². The molecule has 1 aliphatic heterocycles. The Kier molecular flexibility index (Phi) is 3.56. The average Bonchev–Trinajstić information content (AvgIpc) is 3.11. The summed E-state index contributed by atoms with van der Waals surface area (Å²) in [5.41, 5.74) is 7.82. The first-order valence-corrected chi connectivity index (χ1v) is 5.17. The largest absolute Gasteiger partial charge is 0.491 e. The van der Waals surface area contributed by atoms with Crippen LogP contribution in [0, 0.1) is 0 Å². The Morgan fingerprint density at radius 2 is 2.29 bits per heavy atom. The van der Waals surface area contributed by atoms with Crippen LogP contribution in [0.5, 0.6) is 5.75 Å². The molecule has 1 heterocycles. The van der Waals surface area contributed by atoms with E-state index in [1.165, 1.54) is 6.21 Å². The number of carbonyl (C=O) groups is 1. The van der Waals surface area contributed by atoms with E-state index < -0.39 is 6.03 Å². The van der Waals surface area contributed by atoms with E-state index in [-0.39, 0.29) is 6.10 Å². The first-order valence-electron chi connectivity index (χ1n) is 5.17. The monoisotopic (exact) mass is 235 g/mol. The van der Waals surface area contributed by atoms with Crippen molar-refractivity contribution in [3.63, 3.8) is 0 Å². The number of benzene rings is 1. The van der Waals surface area contributed by atoms with Gasteiger partial charge in [-0.15, -0.1) is 0 Å². The average molecular weight is 235 g/mol. The SMILES string of the molecule is NC(=O)NN=Cc1ccc(OCC2CO2)cc1. The molecule has 0 bridgehead atoms. The molecule has 1 aromatic carbocycles. The normalized spacial score (nSPS) is 18.0. The van der Waals surface area contributed by atoms with Crippen molar-refractivity contribution in [1.82, 2.24) is 5.43 Å². The fraction of sp³-hybridized carbons (Fsp3) is 0.273. The maximum absolute atomic E-state index is 10.4. The highest BCUT2D eigenvalue weighted by Gasteiger charge is 2.22. The number of rotatable bonds is 5. The van der Waals surface area contributed by atoms with Gasteiger partial charge in [0.2, 0.25) is 0 Å². The van der Waals surface area contributed by atoms with Crippen LogP contribution in [0.1, 0.15) is 5.56 Å². The first kappa shape index (κ1) is 11.4. The number of nitrogens with one attached hydrogen (secondary N) is 1. The number of epoxide rings is 1. The summed E-state index contributed by atoms with van der Waals surface area (Å²) in [6, 6.07) is 6.62. The van der Waals surface area contributed by atoms with E-state index in [1.807, 2.05) is 24.3 Å². The number of hydrogen-bond acceptors (Lipinski definition) is 4. The Bertz CT molecular complexity index is 412. The van der Waals surface area contributed by atoms with Gasteiger partial charge in [0, 0.05) is 0 Å². The Hall–Kier alpha value is -2.08. The molecule has 17 heavy (non-hydrogen) atoms. The number of nitrogens with two attached hydrogens (primary N) is 1. The molecule has 2 rings (SSSR count). The van der Waals surface area contributed by atoms with Crippen LogP contribution in [0.15, 0.2) is 29.4 Å². The molecule has 0 spiro atoms. The summed E-state index contributed by atoms with van der Waals surface area (Å²) in [4.78, 5) is 10.4. The zero-order chi connectivity index (χ0) is 12.1. The van der Waals surface area contributed by atoms with Crippen LogP contribution in [-0.2, 0) is 4.74 Å². The zero-order valence-corrected chi connectivity index (χ0v) is 9.13. The molecule has 90 valence electrons. The highest BCUT2D eigenvalue weighted by Crippen LogP contribution is 2.15. The van der Waals surface area contributed by atoms with Crippen molar-refractivity contribution in [3.05, 3.63) is 29.8 Å². The number of urea groups is 1. The van der Waals surface area contributed by atoms with Crippen LogP contribution in [0.25, 0.3) is 0 Å². The topological polar surface area (TPSA) is 89.2 Å². The van der Waals surface area contributed by atoms with E-state index in [0.717, 1.165) is 17.9 Å². The fourth-order valence-corrected chi connectivity index (χ4v) is 1.17. The second-order valence-corrected chi connectivity index (χ2v) is 3.57. The molecule has 6 nitrogen and oxygen atoms in total. The number of ether oxygens (including phenoxy) is 2. The minimum Gasteiger partial charge on any atom is -0.491 e. The minimum atomic E-state index is -0.689. The Labute approximate surface area is 98.4 Å². The van der Waals surface area contributed by atoms with Gasteiger partial charge in [-0.3, -0.25) is 0 Å². The van der Waals surface area contributed by atoms with E-state index in [0.29, 0.717) is 6.61 Å². The molecular weight excluding hydrogens is 222 g/mol. The Balaban J connectivity index is 1.83. The molecule has 1 aromatic rings. The number of hydrazone groups is 1. The molecule has 2 amide bonds. The Morgan fingerprint density at radius 3 is 2.88 bits per heavy atom. The summed E-state index contributed by atoms with van der Waals surface area (Å²) in [5.74, 6) is 0.778. The van der Waals surface area contributed by atoms with Crippen LogP contribution in [0.4, 0.5) is 4.79 Å². The zero-order valence-electron chi connectivity index (χ0n) is 9.13. The number of primary amides is 1. The smallest absolute Gasteiger partial charge is 0.332 e.